The second kappa shape index (κ2) is 8.01. The summed E-state index contributed by atoms with van der Waals surface area (Å²) in [5.41, 5.74) is 0. The Morgan fingerprint density at radius 1 is 1.43 bits per heavy atom. The molecule has 1 rings (SSSR count). The van der Waals surface area contributed by atoms with E-state index in [1.165, 1.54) is 32.4 Å². The highest BCUT2D eigenvalue weighted by atomic mass is 16.5. The summed E-state index contributed by atoms with van der Waals surface area (Å²) in [6, 6.07) is 0. The van der Waals surface area contributed by atoms with Gasteiger partial charge in [0.1, 0.15) is 0 Å². The Kier molecular flexibility index (Phi) is 6.71. The number of ether oxygens (including phenoxy) is 1. The van der Waals surface area contributed by atoms with Crippen molar-refractivity contribution in [2.24, 2.45) is 5.92 Å². The zero-order chi connectivity index (χ0) is 10.1. The van der Waals surface area contributed by atoms with Crippen LogP contribution in [0.3, 0.4) is 0 Å². The smallest absolute Gasteiger partial charge is 0.0469 e. The molecular formula is C12H23NO. The lowest BCUT2D eigenvalue weighted by Gasteiger charge is -2.22. The van der Waals surface area contributed by atoms with E-state index in [9.17, 15) is 0 Å². The molecule has 0 amide bonds. The van der Waals surface area contributed by atoms with Crippen LogP contribution >= 0.6 is 0 Å². The van der Waals surface area contributed by atoms with E-state index in [0.717, 1.165) is 32.0 Å². The summed E-state index contributed by atoms with van der Waals surface area (Å²) in [5.74, 6) is 0.850. The topological polar surface area (TPSA) is 21.3 Å². The van der Waals surface area contributed by atoms with Gasteiger partial charge in [0.2, 0.25) is 0 Å². The molecule has 0 saturated carbocycles. The molecule has 1 fully saturated rings. The highest BCUT2D eigenvalue weighted by Crippen LogP contribution is 2.13. The zero-order valence-electron chi connectivity index (χ0n) is 9.13. The van der Waals surface area contributed by atoms with Crippen molar-refractivity contribution in [3.63, 3.8) is 0 Å². The van der Waals surface area contributed by atoms with Gasteiger partial charge in [-0.05, 0) is 51.1 Å². The largest absolute Gasteiger partial charge is 0.381 e. The van der Waals surface area contributed by atoms with Gasteiger partial charge in [0, 0.05) is 13.2 Å². The molecule has 14 heavy (non-hydrogen) atoms. The van der Waals surface area contributed by atoms with Gasteiger partial charge in [0.25, 0.3) is 0 Å². The van der Waals surface area contributed by atoms with E-state index >= 15 is 0 Å². The van der Waals surface area contributed by atoms with Crippen LogP contribution in [0, 0.1) is 5.92 Å². The van der Waals surface area contributed by atoms with E-state index in [2.05, 4.69) is 11.9 Å². The molecule has 0 spiro atoms. The predicted octanol–water partition coefficient (Wildman–Crippen LogP) is 2.36. The van der Waals surface area contributed by atoms with E-state index in [-0.39, 0.29) is 0 Å². The highest BCUT2D eigenvalue weighted by Gasteiger charge is 2.11. The summed E-state index contributed by atoms with van der Waals surface area (Å²) in [6.45, 7) is 7.91. The number of hydrogen-bond acceptors (Lipinski definition) is 2. The van der Waals surface area contributed by atoms with Crippen molar-refractivity contribution in [1.82, 2.24) is 5.32 Å². The van der Waals surface area contributed by atoms with Crippen LogP contribution in [0.25, 0.3) is 0 Å². The molecule has 2 heteroatoms. The first-order valence-corrected chi connectivity index (χ1v) is 5.83. The van der Waals surface area contributed by atoms with Crippen LogP contribution < -0.4 is 5.32 Å². The average molecular weight is 197 g/mol. The van der Waals surface area contributed by atoms with Gasteiger partial charge in [-0.1, -0.05) is 6.08 Å². The van der Waals surface area contributed by atoms with Crippen molar-refractivity contribution < 1.29 is 4.74 Å². The Morgan fingerprint density at radius 2 is 2.36 bits per heavy atom. The van der Waals surface area contributed by atoms with E-state index < -0.39 is 0 Å². The molecular weight excluding hydrogens is 174 g/mol. The highest BCUT2D eigenvalue weighted by molar-refractivity contribution is 4.68. The second-order valence-corrected chi connectivity index (χ2v) is 4.04. The van der Waals surface area contributed by atoms with Gasteiger partial charge in [-0.15, -0.1) is 6.58 Å². The fraction of sp³-hybridized carbons (Fsp3) is 0.833. The lowest BCUT2D eigenvalue weighted by Crippen LogP contribution is -2.30. The van der Waals surface area contributed by atoms with Gasteiger partial charge >= 0.3 is 0 Å². The van der Waals surface area contributed by atoms with Crippen LogP contribution in [0.1, 0.15) is 32.1 Å². The summed E-state index contributed by atoms with van der Waals surface area (Å²) in [7, 11) is 0. The maximum atomic E-state index is 5.56. The monoisotopic (exact) mass is 197 g/mol. The summed E-state index contributed by atoms with van der Waals surface area (Å²) >= 11 is 0. The first-order valence-electron chi connectivity index (χ1n) is 5.83. The second-order valence-electron chi connectivity index (χ2n) is 4.04. The molecule has 1 heterocycles. The Labute approximate surface area is 87.7 Å². The van der Waals surface area contributed by atoms with Crippen LogP contribution in [-0.2, 0) is 4.74 Å². The van der Waals surface area contributed by atoms with Gasteiger partial charge in [0.15, 0.2) is 0 Å². The van der Waals surface area contributed by atoms with E-state index in [1.54, 1.807) is 0 Å². The van der Waals surface area contributed by atoms with Crippen molar-refractivity contribution in [2.75, 3.05) is 26.3 Å². The molecule has 0 unspecified atom stereocenters. The fourth-order valence-electron chi connectivity index (χ4n) is 1.85. The fourth-order valence-corrected chi connectivity index (χ4v) is 1.85. The molecule has 0 aromatic rings. The summed E-state index contributed by atoms with van der Waals surface area (Å²) in [4.78, 5) is 0. The molecule has 1 saturated heterocycles. The molecule has 0 bridgehead atoms. The lowest BCUT2D eigenvalue weighted by molar-refractivity contribution is 0.114. The SMILES string of the molecule is C=CCCCOCC[C@H]1CCCNC1. The number of piperidine rings is 1. The quantitative estimate of drug-likeness (QED) is 0.500. The van der Waals surface area contributed by atoms with Crippen molar-refractivity contribution >= 4 is 0 Å². The predicted molar refractivity (Wildman–Crippen MR) is 60.5 cm³/mol. The molecule has 0 radical (unpaired) electrons. The number of rotatable bonds is 7. The van der Waals surface area contributed by atoms with Gasteiger partial charge in [-0.3, -0.25) is 0 Å². The number of allylic oxidation sites excluding steroid dienone is 1. The molecule has 1 atom stereocenters. The molecule has 0 aliphatic carbocycles. The molecule has 1 aliphatic heterocycles. The molecule has 82 valence electrons. The number of unbranched alkanes of at least 4 members (excludes halogenated alkanes) is 1. The minimum Gasteiger partial charge on any atom is -0.381 e. The molecule has 2 nitrogen and oxygen atoms in total. The van der Waals surface area contributed by atoms with Crippen LogP contribution in [0.15, 0.2) is 12.7 Å². The van der Waals surface area contributed by atoms with Crippen LogP contribution in [0.2, 0.25) is 0 Å². The third-order valence-corrected chi connectivity index (χ3v) is 2.77. The van der Waals surface area contributed by atoms with Crippen molar-refractivity contribution in [2.45, 2.75) is 32.1 Å². The van der Waals surface area contributed by atoms with Gasteiger partial charge in [-0.25, -0.2) is 0 Å². The first-order chi connectivity index (χ1) is 6.93. The van der Waals surface area contributed by atoms with Crippen molar-refractivity contribution in [1.29, 1.82) is 0 Å². The van der Waals surface area contributed by atoms with E-state index in [4.69, 9.17) is 4.74 Å². The number of nitrogens with one attached hydrogen (secondary N) is 1. The zero-order valence-corrected chi connectivity index (χ0v) is 9.13. The van der Waals surface area contributed by atoms with Crippen molar-refractivity contribution in [3.05, 3.63) is 12.7 Å². The van der Waals surface area contributed by atoms with E-state index in [0.29, 0.717) is 0 Å². The minimum atomic E-state index is 0.850. The van der Waals surface area contributed by atoms with Gasteiger partial charge in [-0.2, -0.15) is 0 Å². The van der Waals surface area contributed by atoms with Crippen LogP contribution in [0.4, 0.5) is 0 Å². The van der Waals surface area contributed by atoms with Crippen LogP contribution in [-0.4, -0.2) is 26.3 Å². The standard InChI is InChI=1S/C12H23NO/c1-2-3-4-9-14-10-7-12-6-5-8-13-11-12/h2,12-13H,1,3-11H2/t12-/m1/s1. The Morgan fingerprint density at radius 3 is 3.07 bits per heavy atom. The Balaban J connectivity index is 1.85. The van der Waals surface area contributed by atoms with Crippen LogP contribution in [0.5, 0.6) is 0 Å². The maximum Gasteiger partial charge on any atom is 0.0469 e. The summed E-state index contributed by atoms with van der Waals surface area (Å²) in [6.07, 6.45) is 8.08. The summed E-state index contributed by atoms with van der Waals surface area (Å²) in [5, 5.41) is 3.43. The normalized spacial score (nSPS) is 22.1. The molecule has 1 aliphatic rings. The van der Waals surface area contributed by atoms with Gasteiger partial charge < -0.3 is 10.1 Å². The third-order valence-electron chi connectivity index (χ3n) is 2.77. The minimum absolute atomic E-state index is 0.850. The van der Waals surface area contributed by atoms with Gasteiger partial charge in [0.05, 0.1) is 0 Å². The summed E-state index contributed by atoms with van der Waals surface area (Å²) < 4.78 is 5.56. The third kappa shape index (κ3) is 5.40. The molecule has 0 aromatic carbocycles. The average Bonchev–Trinajstić information content (AvgIpc) is 2.25. The number of hydrogen-bond donors (Lipinski definition) is 1. The van der Waals surface area contributed by atoms with Crippen molar-refractivity contribution in [3.8, 4) is 0 Å². The molecule has 1 N–H and O–H groups in total. The van der Waals surface area contributed by atoms with E-state index in [1.807, 2.05) is 6.08 Å². The maximum absolute atomic E-state index is 5.56. The Hall–Kier alpha value is -0.340. The lowest BCUT2D eigenvalue weighted by atomic mass is 9.97. The first kappa shape index (κ1) is 11.7. The molecule has 0 aromatic heterocycles. The Bertz CT molecular complexity index is 141.